The fourth-order valence-corrected chi connectivity index (χ4v) is 6.44. The maximum Gasteiger partial charge on any atom is 0.335 e. The largest absolute Gasteiger partial charge is 0.478 e. The Bertz CT molecular complexity index is 1220. The first-order chi connectivity index (χ1) is 16.0. The van der Waals surface area contributed by atoms with Crippen molar-refractivity contribution in [2.75, 3.05) is 22.9 Å². The van der Waals surface area contributed by atoms with Crippen LogP contribution in [0.1, 0.15) is 67.6 Å². The molecule has 0 spiro atoms. The van der Waals surface area contributed by atoms with Crippen LogP contribution in [0.2, 0.25) is 0 Å². The van der Waals surface area contributed by atoms with E-state index in [1.807, 2.05) is 6.08 Å². The molecular formula is C27H28N2O3S2. The van der Waals surface area contributed by atoms with E-state index in [4.69, 9.17) is 17.3 Å². The number of amides is 1. The molecule has 1 saturated heterocycles. The molecule has 34 heavy (non-hydrogen) atoms. The average Bonchev–Trinajstić information content (AvgIpc) is 3.05. The first-order valence-electron chi connectivity index (χ1n) is 11.5. The quantitative estimate of drug-likeness (QED) is 0.421. The molecule has 7 heteroatoms. The summed E-state index contributed by atoms with van der Waals surface area (Å²) < 4.78 is 0.449. The summed E-state index contributed by atoms with van der Waals surface area (Å²) in [6.07, 6.45) is 4.18. The number of carboxylic acid groups (broad SMARTS) is 1. The van der Waals surface area contributed by atoms with E-state index in [0.717, 1.165) is 31.5 Å². The minimum absolute atomic E-state index is 0.0720. The molecule has 0 radical (unpaired) electrons. The van der Waals surface area contributed by atoms with Gasteiger partial charge in [0.05, 0.1) is 16.2 Å². The van der Waals surface area contributed by atoms with Gasteiger partial charge in [-0.25, -0.2) is 4.79 Å². The van der Waals surface area contributed by atoms with Crippen LogP contribution in [0.5, 0.6) is 0 Å². The molecule has 0 aliphatic carbocycles. The molecule has 1 N–H and O–H groups in total. The second-order valence-electron chi connectivity index (χ2n) is 10.6. The molecular weight excluding hydrogens is 464 g/mol. The van der Waals surface area contributed by atoms with E-state index in [0.29, 0.717) is 14.9 Å². The lowest BCUT2D eigenvalue weighted by Gasteiger charge is -2.48. The molecule has 0 unspecified atom stereocenters. The van der Waals surface area contributed by atoms with Crippen molar-refractivity contribution in [3.63, 3.8) is 0 Å². The number of hydrogen-bond acceptors (Lipinski definition) is 5. The monoisotopic (exact) mass is 492 g/mol. The summed E-state index contributed by atoms with van der Waals surface area (Å²) in [5.41, 5.74) is 6.02. The number of thiocarbonyl (C=S) groups is 1. The predicted molar refractivity (Wildman–Crippen MR) is 143 cm³/mol. The van der Waals surface area contributed by atoms with Gasteiger partial charge in [-0.15, -0.1) is 0 Å². The third-order valence-corrected chi connectivity index (χ3v) is 8.69. The van der Waals surface area contributed by atoms with Crippen LogP contribution in [-0.2, 0) is 15.6 Å². The number of thioether (sulfide) groups is 1. The molecule has 176 valence electrons. The van der Waals surface area contributed by atoms with E-state index in [1.54, 1.807) is 12.1 Å². The minimum Gasteiger partial charge on any atom is -0.478 e. The van der Waals surface area contributed by atoms with Gasteiger partial charge in [-0.1, -0.05) is 51.7 Å². The molecule has 3 aliphatic heterocycles. The number of nitrogens with zero attached hydrogens (tertiary/aromatic N) is 2. The van der Waals surface area contributed by atoms with Crippen LogP contribution in [0, 0.1) is 0 Å². The molecule has 1 amide bonds. The van der Waals surface area contributed by atoms with Crippen molar-refractivity contribution < 1.29 is 14.7 Å². The number of carbonyl (C=O) groups is 2. The van der Waals surface area contributed by atoms with Gasteiger partial charge in [0.2, 0.25) is 0 Å². The Labute approximate surface area is 209 Å². The summed E-state index contributed by atoms with van der Waals surface area (Å²) >= 11 is 6.81. The lowest BCUT2D eigenvalue weighted by molar-refractivity contribution is -0.113. The zero-order chi connectivity index (χ0) is 24.4. The Morgan fingerprint density at radius 3 is 2.12 bits per heavy atom. The van der Waals surface area contributed by atoms with E-state index < -0.39 is 5.97 Å². The first kappa shape index (κ1) is 23.1. The van der Waals surface area contributed by atoms with Crippen LogP contribution >= 0.6 is 24.0 Å². The highest BCUT2D eigenvalue weighted by Crippen LogP contribution is 2.50. The Kier molecular flexibility index (Phi) is 5.41. The predicted octanol–water partition coefficient (Wildman–Crippen LogP) is 5.96. The van der Waals surface area contributed by atoms with Crippen molar-refractivity contribution in [3.05, 3.63) is 63.6 Å². The maximum absolute atomic E-state index is 13.3. The summed E-state index contributed by atoms with van der Waals surface area (Å²) in [6.45, 7) is 11.4. The number of carbonyl (C=O) groups excluding carboxylic acids is 1. The number of hydrogen-bond donors (Lipinski definition) is 1. The van der Waals surface area contributed by atoms with E-state index >= 15 is 0 Å². The number of aromatic carboxylic acids is 1. The van der Waals surface area contributed by atoms with Crippen molar-refractivity contribution in [2.24, 2.45) is 0 Å². The molecule has 0 atom stereocenters. The average molecular weight is 493 g/mol. The highest BCUT2D eigenvalue weighted by molar-refractivity contribution is 8.27. The lowest BCUT2D eigenvalue weighted by atomic mass is 9.69. The van der Waals surface area contributed by atoms with Crippen molar-refractivity contribution in [1.82, 2.24) is 0 Å². The normalized spacial score (nSPS) is 21.7. The SMILES string of the molecule is CC1(C)CCN2CCC(C)(C)c3cc(C=C4SC(=S)N(c5ccc(C(=O)O)cc5)C4=O)cc1c32. The lowest BCUT2D eigenvalue weighted by Crippen LogP contribution is -2.44. The highest BCUT2D eigenvalue weighted by Gasteiger charge is 2.40. The van der Waals surface area contributed by atoms with E-state index in [-0.39, 0.29) is 22.3 Å². The summed E-state index contributed by atoms with van der Waals surface area (Å²) in [5.74, 6) is -1.18. The smallest absolute Gasteiger partial charge is 0.335 e. The second-order valence-corrected chi connectivity index (χ2v) is 12.3. The number of carboxylic acids is 1. The molecule has 0 saturated carbocycles. The summed E-state index contributed by atoms with van der Waals surface area (Å²) in [7, 11) is 0. The first-order valence-corrected chi connectivity index (χ1v) is 12.8. The van der Waals surface area contributed by atoms with Gasteiger partial charge < -0.3 is 10.0 Å². The molecule has 5 nitrogen and oxygen atoms in total. The van der Waals surface area contributed by atoms with Gasteiger partial charge in [-0.2, -0.15) is 0 Å². The third kappa shape index (κ3) is 3.75. The molecule has 2 aromatic carbocycles. The van der Waals surface area contributed by atoms with Gasteiger partial charge in [-0.3, -0.25) is 9.69 Å². The highest BCUT2D eigenvalue weighted by atomic mass is 32.2. The van der Waals surface area contributed by atoms with Gasteiger partial charge in [0.1, 0.15) is 0 Å². The zero-order valence-electron chi connectivity index (χ0n) is 19.8. The molecule has 3 aliphatic rings. The van der Waals surface area contributed by atoms with Crippen LogP contribution in [0.4, 0.5) is 11.4 Å². The van der Waals surface area contributed by atoms with Gasteiger partial charge >= 0.3 is 5.97 Å². The van der Waals surface area contributed by atoms with Crippen LogP contribution < -0.4 is 9.80 Å². The number of benzene rings is 2. The van der Waals surface area contributed by atoms with Crippen molar-refractivity contribution in [1.29, 1.82) is 0 Å². The molecule has 0 bridgehead atoms. The number of anilines is 2. The minimum atomic E-state index is -1.00. The molecule has 2 aromatic rings. The molecule has 5 rings (SSSR count). The Morgan fingerprint density at radius 2 is 1.59 bits per heavy atom. The number of rotatable bonds is 3. The standard InChI is InChI=1S/C27H28N2O3S2/c1-26(2)9-11-28-12-10-27(3,4)20-14-16(13-19(26)22(20)28)15-21-23(30)29(25(33)34-21)18-7-5-17(6-8-18)24(31)32/h5-8,13-15H,9-12H2,1-4H3,(H,31,32). The van der Waals surface area contributed by atoms with Crippen molar-refractivity contribution in [3.8, 4) is 0 Å². The Morgan fingerprint density at radius 1 is 1.03 bits per heavy atom. The Hall–Kier alpha value is -2.64. The molecule has 1 fully saturated rings. The summed E-state index contributed by atoms with van der Waals surface area (Å²) in [5, 5.41) is 9.15. The van der Waals surface area contributed by atoms with Crippen LogP contribution in [-0.4, -0.2) is 34.4 Å². The summed E-state index contributed by atoms with van der Waals surface area (Å²) in [6, 6.07) is 10.7. The van der Waals surface area contributed by atoms with Crippen LogP contribution in [0.3, 0.4) is 0 Å². The van der Waals surface area contributed by atoms with Crippen molar-refractivity contribution in [2.45, 2.75) is 51.4 Å². The topological polar surface area (TPSA) is 60.9 Å². The summed E-state index contributed by atoms with van der Waals surface area (Å²) in [4.78, 5) is 29.1. The molecule has 3 heterocycles. The third-order valence-electron chi connectivity index (χ3n) is 7.38. The van der Waals surface area contributed by atoms with E-state index in [1.165, 1.54) is 45.6 Å². The second kappa shape index (κ2) is 7.95. The molecule has 0 aromatic heterocycles. The maximum atomic E-state index is 13.3. The zero-order valence-corrected chi connectivity index (χ0v) is 21.5. The van der Waals surface area contributed by atoms with Gasteiger partial charge in [0, 0.05) is 18.8 Å². The fraction of sp³-hybridized carbons (Fsp3) is 0.370. The van der Waals surface area contributed by atoms with E-state index in [2.05, 4.69) is 44.7 Å². The van der Waals surface area contributed by atoms with Gasteiger partial charge in [0.15, 0.2) is 4.32 Å². The van der Waals surface area contributed by atoms with Crippen LogP contribution in [0.15, 0.2) is 41.3 Å². The van der Waals surface area contributed by atoms with Crippen LogP contribution in [0.25, 0.3) is 6.08 Å². The Balaban J connectivity index is 1.55. The van der Waals surface area contributed by atoms with Crippen molar-refractivity contribution >= 4 is 57.6 Å². The van der Waals surface area contributed by atoms with E-state index in [9.17, 15) is 9.59 Å². The fourth-order valence-electron chi connectivity index (χ4n) is 5.14. The van der Waals surface area contributed by atoms with Gasteiger partial charge in [0.25, 0.3) is 5.91 Å². The van der Waals surface area contributed by atoms with Gasteiger partial charge in [-0.05, 0) is 82.8 Å².